The molecule has 4 aromatic rings. The second-order valence-electron chi connectivity index (χ2n) is 14.0. The summed E-state index contributed by atoms with van der Waals surface area (Å²) in [5.74, 6) is -7.94. The summed E-state index contributed by atoms with van der Waals surface area (Å²) in [7, 11) is -1.91. The van der Waals surface area contributed by atoms with Crippen LogP contribution in [0.15, 0.2) is 96.3 Å². The molecule has 0 atom stereocenters. The summed E-state index contributed by atoms with van der Waals surface area (Å²) in [6.45, 7) is 4.45. The molecule has 9 N–H and O–H groups in total. The Morgan fingerprint density at radius 1 is 0.738 bits per heavy atom. The van der Waals surface area contributed by atoms with Gasteiger partial charge in [0.25, 0.3) is 10.0 Å². The highest BCUT2D eigenvalue weighted by molar-refractivity contribution is 7.92. The quantitative estimate of drug-likeness (QED) is 0.0925. The number of nitrogen functional groups attached to an aromatic ring is 1. The number of hydrogen-bond donors (Lipinski definition) is 8. The minimum absolute atomic E-state index is 0.0536. The Hall–Kier alpha value is -7.21. The van der Waals surface area contributed by atoms with Crippen LogP contribution in [0.4, 0.5) is 15.9 Å². The number of nitrogens with one attached hydrogen (secondary N) is 1. The largest absolute Gasteiger partial charge is 0.478 e. The molecule has 24 heteroatoms. The van der Waals surface area contributed by atoms with Gasteiger partial charge in [-0.2, -0.15) is 0 Å². The van der Waals surface area contributed by atoms with E-state index in [-0.39, 0.29) is 21.6 Å². The lowest BCUT2D eigenvalue weighted by Crippen LogP contribution is -2.49. The van der Waals surface area contributed by atoms with Crippen molar-refractivity contribution < 1.29 is 72.2 Å². The van der Waals surface area contributed by atoms with Gasteiger partial charge < -0.3 is 45.8 Å². The number of halogens is 2. The van der Waals surface area contributed by atoms with Crippen molar-refractivity contribution in [2.24, 2.45) is 0 Å². The highest BCUT2D eigenvalue weighted by Gasteiger charge is 2.30. The lowest BCUT2D eigenvalue weighted by Gasteiger charge is -2.41. The van der Waals surface area contributed by atoms with E-state index in [1.807, 2.05) is 6.20 Å². The van der Waals surface area contributed by atoms with Gasteiger partial charge in [0.1, 0.15) is 28.5 Å². The standard InChI is InChI=1S/C29H33ClFN7O2S.3C4H4O4/c1-36-12-14-37(15-13-36)20-7-9-21(10-8-20)38-17-22(27-28(32)33-18-34-29(27)38)19-6-11-25(24(31)16-19)35-41(39,40)26-5-3-2-4-23(26)30;3*5-3(6)1-2-4(7)8/h2-6,11,16-18,20-21,35H,7-10,12-15H2,1H3,(H2,32,33,34);3*1-2H,(H,5,6)(H,7,8)/b;3*2-1-. The van der Waals surface area contributed by atoms with Crippen LogP contribution in [0.3, 0.4) is 0 Å². The maximum atomic E-state index is 15.4. The van der Waals surface area contributed by atoms with Gasteiger partial charge in [0.05, 0.1) is 16.1 Å². The highest BCUT2D eigenvalue weighted by Crippen LogP contribution is 2.40. The molecule has 21 nitrogen and oxygen atoms in total. The number of sulfonamides is 1. The van der Waals surface area contributed by atoms with Crippen molar-refractivity contribution in [1.82, 2.24) is 24.3 Å². The van der Waals surface area contributed by atoms with Crippen molar-refractivity contribution in [2.45, 2.75) is 42.7 Å². The van der Waals surface area contributed by atoms with E-state index in [2.05, 4.69) is 36.1 Å². The van der Waals surface area contributed by atoms with Gasteiger partial charge in [-0.1, -0.05) is 29.8 Å². The van der Waals surface area contributed by atoms with E-state index >= 15 is 4.39 Å². The van der Waals surface area contributed by atoms with Crippen molar-refractivity contribution >= 4 is 80.0 Å². The Kier molecular flexibility index (Phi) is 19.7. The average Bonchev–Trinajstić information content (AvgIpc) is 3.64. The van der Waals surface area contributed by atoms with Gasteiger partial charge in [-0.05, 0) is 62.6 Å². The summed E-state index contributed by atoms with van der Waals surface area (Å²) < 4.78 is 45.6. The first-order valence-corrected chi connectivity index (χ1v) is 21.0. The molecule has 2 aromatic carbocycles. The molecule has 2 aliphatic rings. The number of carboxylic acid groups (broad SMARTS) is 6. The zero-order valence-electron chi connectivity index (χ0n) is 34.4. The first-order valence-electron chi connectivity index (χ1n) is 19.1. The van der Waals surface area contributed by atoms with Crippen LogP contribution < -0.4 is 10.5 Å². The molecule has 1 aliphatic heterocycles. The SMILES string of the molecule is CN1CCN(C2CCC(n3cc(-c4ccc(NS(=O)(=O)c5ccccc5Cl)c(F)c4)c4c(N)ncnc43)CC2)CC1.O=C(O)/C=C\C(=O)O.O=C(O)/C=C\C(=O)O.O=C(O)/C=C\C(=O)O. The van der Waals surface area contributed by atoms with E-state index in [1.165, 1.54) is 30.6 Å². The van der Waals surface area contributed by atoms with Gasteiger partial charge in [-0.3, -0.25) is 9.62 Å². The van der Waals surface area contributed by atoms with Crippen LogP contribution in [0.5, 0.6) is 0 Å². The Balaban J connectivity index is 0.000000383. The number of carbonyl (C=O) groups is 6. The van der Waals surface area contributed by atoms with Crippen molar-refractivity contribution in [3.63, 3.8) is 0 Å². The van der Waals surface area contributed by atoms with Crippen LogP contribution in [0, 0.1) is 5.82 Å². The predicted molar refractivity (Wildman–Crippen MR) is 233 cm³/mol. The van der Waals surface area contributed by atoms with Gasteiger partial charge in [0.2, 0.25) is 0 Å². The van der Waals surface area contributed by atoms with E-state index in [1.54, 1.807) is 18.2 Å². The first kappa shape index (κ1) is 52.1. The molecule has 2 fully saturated rings. The number of benzene rings is 2. The van der Waals surface area contributed by atoms with Crippen LogP contribution in [-0.4, -0.2) is 138 Å². The zero-order chi connectivity index (χ0) is 48.4. The van der Waals surface area contributed by atoms with Gasteiger partial charge in [0.15, 0.2) is 0 Å². The van der Waals surface area contributed by atoms with Crippen LogP contribution >= 0.6 is 11.6 Å². The van der Waals surface area contributed by atoms with E-state index in [0.29, 0.717) is 64.8 Å². The maximum absolute atomic E-state index is 15.4. The number of likely N-dealkylation sites (N-methyl/N-ethyl adjacent to an activating group) is 1. The smallest absolute Gasteiger partial charge is 0.328 e. The van der Waals surface area contributed by atoms with Crippen molar-refractivity contribution in [2.75, 3.05) is 43.7 Å². The van der Waals surface area contributed by atoms with Crippen LogP contribution in [0.1, 0.15) is 31.7 Å². The van der Waals surface area contributed by atoms with Crippen molar-refractivity contribution in [1.29, 1.82) is 0 Å². The normalized spacial score (nSPS) is 16.7. The molecule has 1 saturated carbocycles. The molecule has 6 rings (SSSR count). The zero-order valence-corrected chi connectivity index (χ0v) is 36.0. The Morgan fingerprint density at radius 2 is 1.22 bits per heavy atom. The van der Waals surface area contributed by atoms with Crippen molar-refractivity contribution in [3.8, 4) is 11.1 Å². The summed E-state index contributed by atoms with van der Waals surface area (Å²) in [4.78, 5) is 71.0. The number of rotatable bonds is 12. The van der Waals surface area contributed by atoms with E-state index in [0.717, 1.165) is 57.5 Å². The molecule has 0 unspecified atom stereocenters. The minimum Gasteiger partial charge on any atom is -0.478 e. The number of nitrogens with two attached hydrogens (primary N) is 1. The van der Waals surface area contributed by atoms with Crippen LogP contribution in [0.2, 0.25) is 5.02 Å². The van der Waals surface area contributed by atoms with Crippen LogP contribution in [0.25, 0.3) is 22.2 Å². The third-order valence-electron chi connectivity index (χ3n) is 9.51. The fourth-order valence-electron chi connectivity index (χ4n) is 6.55. The minimum atomic E-state index is -4.08. The van der Waals surface area contributed by atoms with E-state index < -0.39 is 51.7 Å². The van der Waals surface area contributed by atoms with Gasteiger partial charge in [-0.15, -0.1) is 0 Å². The third kappa shape index (κ3) is 16.8. The Labute approximate surface area is 375 Å². The van der Waals surface area contributed by atoms with Gasteiger partial charge in [0, 0.05) is 86.5 Å². The lowest BCUT2D eigenvalue weighted by molar-refractivity contribution is -0.134. The highest BCUT2D eigenvalue weighted by atomic mass is 35.5. The lowest BCUT2D eigenvalue weighted by atomic mass is 9.89. The predicted octanol–water partition coefficient (Wildman–Crippen LogP) is 4.14. The second kappa shape index (κ2) is 24.6. The molecule has 0 bridgehead atoms. The molecule has 1 aliphatic carbocycles. The molecule has 0 amide bonds. The fraction of sp³-hybridized carbons (Fsp3) is 0.268. The summed E-state index contributed by atoms with van der Waals surface area (Å²) in [6.07, 6.45) is 11.0. The number of fused-ring (bicyclic) bond motifs is 1. The number of carboxylic acids is 6. The topological polar surface area (TPSA) is 333 Å². The van der Waals surface area contributed by atoms with E-state index in [9.17, 15) is 37.2 Å². The summed E-state index contributed by atoms with van der Waals surface area (Å²) in [5.41, 5.74) is 8.13. The summed E-state index contributed by atoms with van der Waals surface area (Å²) in [6, 6.07) is 11.2. The molecular weight excluding hydrogens is 901 g/mol. The number of nitrogens with zero attached hydrogens (tertiary/aromatic N) is 5. The summed E-state index contributed by atoms with van der Waals surface area (Å²) in [5, 5.41) is 47.6. The molecule has 348 valence electrons. The average molecular weight is 946 g/mol. The monoisotopic (exact) mass is 945 g/mol. The van der Waals surface area contributed by atoms with E-state index in [4.69, 9.17) is 48.0 Å². The number of aliphatic carboxylic acids is 6. The number of aromatic nitrogens is 3. The number of piperazine rings is 1. The Bertz CT molecular complexity index is 2440. The molecule has 1 saturated heterocycles. The van der Waals surface area contributed by atoms with Crippen LogP contribution in [-0.2, 0) is 38.8 Å². The molecule has 2 aromatic heterocycles. The molecule has 3 heterocycles. The fourth-order valence-corrected chi connectivity index (χ4v) is 8.14. The molecular formula is C41H45ClFN7O14S. The molecule has 0 radical (unpaired) electrons. The number of anilines is 2. The molecule has 65 heavy (non-hydrogen) atoms. The second-order valence-corrected chi connectivity index (χ2v) is 16.0. The Morgan fingerprint density at radius 3 is 1.68 bits per heavy atom. The van der Waals surface area contributed by atoms with Crippen molar-refractivity contribution in [3.05, 3.63) is 102 Å². The van der Waals surface area contributed by atoms with Gasteiger partial charge >= 0.3 is 35.8 Å². The number of hydrogen-bond acceptors (Lipinski definition) is 13. The van der Waals surface area contributed by atoms with Gasteiger partial charge in [-0.25, -0.2) is 51.5 Å². The summed E-state index contributed by atoms with van der Waals surface area (Å²) >= 11 is 6.07. The maximum Gasteiger partial charge on any atom is 0.328 e. The first-order chi connectivity index (χ1) is 30.6. The third-order valence-corrected chi connectivity index (χ3v) is 11.4. The molecule has 0 spiro atoms.